The quantitative estimate of drug-likeness (QED) is 0.806. The normalized spacial score (nSPS) is 16.5. The van der Waals surface area contributed by atoms with Gasteiger partial charge in [-0.2, -0.15) is 0 Å². The van der Waals surface area contributed by atoms with Gasteiger partial charge in [0.05, 0.1) is 12.8 Å². The van der Waals surface area contributed by atoms with E-state index in [1.807, 2.05) is 6.26 Å². The van der Waals surface area contributed by atoms with Crippen molar-refractivity contribution in [2.45, 2.75) is 64.7 Å². The SMILES string of the molecule is CCC(C)(C)N(C)Cc1cc(CNC2CC2)co1. The minimum absolute atomic E-state index is 0.221. The molecule has 1 fully saturated rings. The van der Waals surface area contributed by atoms with E-state index in [0.717, 1.165) is 31.3 Å². The van der Waals surface area contributed by atoms with E-state index in [9.17, 15) is 0 Å². The maximum atomic E-state index is 5.65. The van der Waals surface area contributed by atoms with Gasteiger partial charge in [0.25, 0.3) is 0 Å². The number of furan rings is 1. The van der Waals surface area contributed by atoms with Gasteiger partial charge >= 0.3 is 0 Å². The van der Waals surface area contributed by atoms with Crippen LogP contribution in [0.5, 0.6) is 0 Å². The molecular weight excluding hydrogens is 224 g/mol. The molecular formula is C15H26N2O. The summed E-state index contributed by atoms with van der Waals surface area (Å²) in [5.41, 5.74) is 1.48. The Kier molecular flexibility index (Phi) is 4.13. The van der Waals surface area contributed by atoms with Crippen LogP contribution in [-0.2, 0) is 13.1 Å². The molecule has 1 heterocycles. The maximum absolute atomic E-state index is 5.65. The second-order valence-corrected chi connectivity index (χ2v) is 6.10. The average Bonchev–Trinajstić information content (AvgIpc) is 3.07. The van der Waals surface area contributed by atoms with Crippen LogP contribution in [0.4, 0.5) is 0 Å². The standard InChI is InChI=1S/C15H26N2O/c1-5-15(2,3)17(4)10-14-8-12(11-18-14)9-16-13-6-7-13/h8,11,13,16H,5-7,9-10H2,1-4H3. The molecule has 0 unspecified atom stereocenters. The Bertz CT molecular complexity index is 380. The van der Waals surface area contributed by atoms with Crippen LogP contribution in [0.25, 0.3) is 0 Å². The summed E-state index contributed by atoms with van der Waals surface area (Å²) in [7, 11) is 2.16. The fraction of sp³-hybridized carbons (Fsp3) is 0.733. The van der Waals surface area contributed by atoms with Gasteiger partial charge in [0, 0.05) is 23.7 Å². The summed E-state index contributed by atoms with van der Waals surface area (Å²) in [5.74, 6) is 1.06. The van der Waals surface area contributed by atoms with E-state index < -0.39 is 0 Å². The summed E-state index contributed by atoms with van der Waals surface area (Å²) in [6.45, 7) is 8.58. The molecule has 0 radical (unpaired) electrons. The first-order valence-electron chi connectivity index (χ1n) is 7.02. The highest BCUT2D eigenvalue weighted by molar-refractivity contribution is 5.13. The maximum Gasteiger partial charge on any atom is 0.118 e. The lowest BCUT2D eigenvalue weighted by atomic mass is 10.00. The molecule has 0 aliphatic heterocycles. The van der Waals surface area contributed by atoms with E-state index in [0.29, 0.717) is 0 Å². The molecule has 1 aliphatic carbocycles. The summed E-state index contributed by atoms with van der Waals surface area (Å²) < 4.78 is 5.65. The fourth-order valence-electron chi connectivity index (χ4n) is 1.87. The van der Waals surface area contributed by atoms with Crippen molar-refractivity contribution >= 4 is 0 Å². The van der Waals surface area contributed by atoms with Crippen LogP contribution >= 0.6 is 0 Å². The van der Waals surface area contributed by atoms with Crippen LogP contribution in [0.2, 0.25) is 0 Å². The predicted molar refractivity (Wildman–Crippen MR) is 74.4 cm³/mol. The number of rotatable bonds is 7. The first kappa shape index (κ1) is 13.6. The number of nitrogens with zero attached hydrogens (tertiary/aromatic N) is 1. The summed E-state index contributed by atoms with van der Waals surface area (Å²) in [5, 5.41) is 3.51. The van der Waals surface area contributed by atoms with Crippen molar-refractivity contribution in [2.75, 3.05) is 7.05 Å². The summed E-state index contributed by atoms with van der Waals surface area (Å²) >= 11 is 0. The molecule has 0 spiro atoms. The number of hydrogen-bond acceptors (Lipinski definition) is 3. The second-order valence-electron chi connectivity index (χ2n) is 6.10. The van der Waals surface area contributed by atoms with Crippen LogP contribution in [0, 0.1) is 0 Å². The lowest BCUT2D eigenvalue weighted by Crippen LogP contribution is -2.39. The Balaban J connectivity index is 1.85. The van der Waals surface area contributed by atoms with E-state index >= 15 is 0 Å². The average molecular weight is 250 g/mol. The summed E-state index contributed by atoms with van der Waals surface area (Å²) in [6.07, 6.45) is 5.69. The molecule has 2 rings (SSSR count). The van der Waals surface area contributed by atoms with Gasteiger partial charge < -0.3 is 9.73 Å². The Morgan fingerprint density at radius 2 is 2.17 bits per heavy atom. The molecule has 1 N–H and O–H groups in total. The van der Waals surface area contributed by atoms with Crippen molar-refractivity contribution in [2.24, 2.45) is 0 Å². The van der Waals surface area contributed by atoms with E-state index in [4.69, 9.17) is 4.42 Å². The van der Waals surface area contributed by atoms with Crippen molar-refractivity contribution in [3.8, 4) is 0 Å². The molecule has 1 aliphatic rings. The molecule has 1 aromatic rings. The molecule has 18 heavy (non-hydrogen) atoms. The highest BCUT2D eigenvalue weighted by Gasteiger charge is 2.22. The summed E-state index contributed by atoms with van der Waals surface area (Å²) in [6, 6.07) is 2.93. The van der Waals surface area contributed by atoms with Gasteiger partial charge in [-0.05, 0) is 46.2 Å². The Morgan fingerprint density at radius 1 is 1.44 bits per heavy atom. The molecule has 0 bridgehead atoms. The van der Waals surface area contributed by atoms with Crippen LogP contribution in [-0.4, -0.2) is 23.5 Å². The van der Waals surface area contributed by atoms with Crippen molar-refractivity contribution in [3.05, 3.63) is 23.7 Å². The molecule has 1 saturated carbocycles. The molecule has 3 nitrogen and oxygen atoms in total. The zero-order valence-electron chi connectivity index (χ0n) is 12.1. The smallest absolute Gasteiger partial charge is 0.118 e. The van der Waals surface area contributed by atoms with Gasteiger partial charge in [0.15, 0.2) is 0 Å². The molecule has 1 aromatic heterocycles. The molecule has 102 valence electrons. The zero-order chi connectivity index (χ0) is 13.2. The third kappa shape index (κ3) is 3.59. The van der Waals surface area contributed by atoms with Crippen LogP contribution in [0.15, 0.2) is 16.7 Å². The largest absolute Gasteiger partial charge is 0.468 e. The van der Waals surface area contributed by atoms with Gasteiger partial charge in [0.2, 0.25) is 0 Å². The molecule has 0 saturated heterocycles. The van der Waals surface area contributed by atoms with Crippen molar-refractivity contribution in [1.29, 1.82) is 0 Å². The van der Waals surface area contributed by atoms with E-state index in [1.165, 1.54) is 18.4 Å². The highest BCUT2D eigenvalue weighted by atomic mass is 16.3. The predicted octanol–water partition coefficient (Wildman–Crippen LogP) is 3.15. The minimum atomic E-state index is 0.221. The van der Waals surface area contributed by atoms with Crippen molar-refractivity contribution in [3.63, 3.8) is 0 Å². The molecule has 0 aromatic carbocycles. The lowest BCUT2D eigenvalue weighted by molar-refractivity contribution is 0.133. The molecule has 3 heteroatoms. The number of hydrogen-bond donors (Lipinski definition) is 1. The lowest BCUT2D eigenvalue weighted by Gasteiger charge is -2.34. The first-order valence-corrected chi connectivity index (χ1v) is 7.02. The Morgan fingerprint density at radius 3 is 2.78 bits per heavy atom. The van der Waals surface area contributed by atoms with E-state index in [2.05, 4.69) is 44.1 Å². The van der Waals surface area contributed by atoms with E-state index in [1.54, 1.807) is 0 Å². The minimum Gasteiger partial charge on any atom is -0.468 e. The third-order valence-corrected chi connectivity index (χ3v) is 4.17. The molecule has 0 amide bonds. The highest BCUT2D eigenvalue weighted by Crippen LogP contribution is 2.21. The summed E-state index contributed by atoms with van der Waals surface area (Å²) in [4.78, 5) is 2.35. The van der Waals surface area contributed by atoms with Gasteiger partial charge in [-0.15, -0.1) is 0 Å². The van der Waals surface area contributed by atoms with Crippen LogP contribution in [0.1, 0.15) is 51.4 Å². The number of nitrogens with one attached hydrogen (secondary N) is 1. The van der Waals surface area contributed by atoms with Gasteiger partial charge in [-0.3, -0.25) is 4.90 Å². The Labute approximate surface area is 111 Å². The monoisotopic (exact) mass is 250 g/mol. The van der Waals surface area contributed by atoms with E-state index in [-0.39, 0.29) is 5.54 Å². The Hall–Kier alpha value is -0.800. The third-order valence-electron chi connectivity index (χ3n) is 4.17. The van der Waals surface area contributed by atoms with Crippen LogP contribution in [0.3, 0.4) is 0 Å². The first-order chi connectivity index (χ1) is 8.51. The zero-order valence-corrected chi connectivity index (χ0v) is 12.1. The van der Waals surface area contributed by atoms with Gasteiger partial charge in [-0.1, -0.05) is 6.92 Å². The van der Waals surface area contributed by atoms with Gasteiger partial charge in [0.1, 0.15) is 5.76 Å². The molecule has 0 atom stereocenters. The van der Waals surface area contributed by atoms with Crippen molar-refractivity contribution in [1.82, 2.24) is 10.2 Å². The van der Waals surface area contributed by atoms with Gasteiger partial charge in [-0.25, -0.2) is 0 Å². The topological polar surface area (TPSA) is 28.4 Å². The van der Waals surface area contributed by atoms with Crippen LogP contribution < -0.4 is 5.32 Å². The second kappa shape index (κ2) is 5.45. The fourth-order valence-corrected chi connectivity index (χ4v) is 1.87. The van der Waals surface area contributed by atoms with Crippen molar-refractivity contribution < 1.29 is 4.42 Å².